The lowest BCUT2D eigenvalue weighted by atomic mass is 9.62. The van der Waals surface area contributed by atoms with Crippen LogP contribution in [0, 0.1) is 18.3 Å². The van der Waals surface area contributed by atoms with Gasteiger partial charge in [0.15, 0.2) is 0 Å². The summed E-state index contributed by atoms with van der Waals surface area (Å²) in [6.07, 6.45) is 4.95. The Bertz CT molecular complexity index is 666. The van der Waals surface area contributed by atoms with Crippen molar-refractivity contribution in [1.29, 1.82) is 0 Å². The molecule has 2 saturated heterocycles. The van der Waals surface area contributed by atoms with Crippen LogP contribution < -0.4 is 10.2 Å². The summed E-state index contributed by atoms with van der Waals surface area (Å²) in [7, 11) is 3.76. The molecule has 156 valence electrons. The van der Waals surface area contributed by atoms with Crippen LogP contribution in [0.25, 0.3) is 0 Å². The minimum atomic E-state index is 0.211. The number of nitrogens with zero attached hydrogens (tertiary/aromatic N) is 4. The molecule has 0 bridgehead atoms. The molecule has 0 spiro atoms. The van der Waals surface area contributed by atoms with Gasteiger partial charge in [-0.1, -0.05) is 0 Å². The van der Waals surface area contributed by atoms with Crippen LogP contribution in [0.1, 0.15) is 31.4 Å². The van der Waals surface area contributed by atoms with E-state index in [9.17, 15) is 0 Å². The number of hydrogen-bond donors (Lipinski definition) is 1. The highest BCUT2D eigenvalue weighted by Gasteiger charge is 2.48. The maximum absolute atomic E-state index is 5.76. The SMILES string of the molecule is CNc1cc(C)nc(N2CC[C@@H]3C[C@H](N4CCOCC4)CC[C@@]3(COC)C2)n1. The average Bonchev–Trinajstić information content (AvgIpc) is 2.73. The zero-order chi connectivity index (χ0) is 19.6. The van der Waals surface area contributed by atoms with E-state index in [1.165, 1.54) is 25.7 Å². The number of nitrogens with one attached hydrogen (secondary N) is 1. The van der Waals surface area contributed by atoms with Crippen LogP contribution in [-0.2, 0) is 9.47 Å². The van der Waals surface area contributed by atoms with Gasteiger partial charge in [0.2, 0.25) is 5.95 Å². The fourth-order valence-electron chi connectivity index (χ4n) is 5.55. The number of piperidine rings is 1. The molecule has 1 aromatic rings. The maximum atomic E-state index is 5.76. The summed E-state index contributed by atoms with van der Waals surface area (Å²) in [4.78, 5) is 14.5. The highest BCUT2D eigenvalue weighted by Crippen LogP contribution is 2.48. The molecule has 3 atom stereocenters. The Hall–Kier alpha value is -1.44. The lowest BCUT2D eigenvalue weighted by molar-refractivity contribution is -0.0541. The number of rotatable bonds is 5. The van der Waals surface area contributed by atoms with Gasteiger partial charge in [0.1, 0.15) is 5.82 Å². The van der Waals surface area contributed by atoms with E-state index in [0.29, 0.717) is 12.0 Å². The minimum Gasteiger partial charge on any atom is -0.384 e. The molecule has 1 aliphatic carbocycles. The van der Waals surface area contributed by atoms with E-state index in [-0.39, 0.29) is 5.41 Å². The summed E-state index contributed by atoms with van der Waals surface area (Å²) in [6.45, 7) is 8.83. The summed E-state index contributed by atoms with van der Waals surface area (Å²) in [5.74, 6) is 2.45. The number of hydrogen-bond acceptors (Lipinski definition) is 7. The van der Waals surface area contributed by atoms with Crippen LogP contribution in [0.4, 0.5) is 11.8 Å². The van der Waals surface area contributed by atoms with E-state index in [1.807, 2.05) is 27.1 Å². The van der Waals surface area contributed by atoms with Crippen LogP contribution in [0.5, 0.6) is 0 Å². The standard InChI is InChI=1S/C21H35N5O2/c1-16-12-19(22-2)24-20(23-16)26-7-5-17-13-18(25-8-10-28-11-9-25)4-6-21(17,14-26)15-27-3/h12,17-18H,4-11,13-15H2,1-3H3,(H,22,23,24)/t17-,18-,21+/m1/s1. The lowest BCUT2D eigenvalue weighted by Gasteiger charge is -2.54. The van der Waals surface area contributed by atoms with Crippen molar-refractivity contribution in [2.24, 2.45) is 11.3 Å². The van der Waals surface area contributed by atoms with E-state index >= 15 is 0 Å². The maximum Gasteiger partial charge on any atom is 0.227 e. The highest BCUT2D eigenvalue weighted by molar-refractivity contribution is 5.43. The summed E-state index contributed by atoms with van der Waals surface area (Å²) in [5.41, 5.74) is 1.22. The number of morpholine rings is 1. The first-order chi connectivity index (χ1) is 13.6. The van der Waals surface area contributed by atoms with Gasteiger partial charge in [-0.25, -0.2) is 4.98 Å². The Labute approximate surface area is 168 Å². The Morgan fingerprint density at radius 3 is 2.82 bits per heavy atom. The number of ether oxygens (including phenoxy) is 2. The van der Waals surface area contributed by atoms with Crippen molar-refractivity contribution in [3.05, 3.63) is 11.8 Å². The normalized spacial score (nSPS) is 31.5. The smallest absolute Gasteiger partial charge is 0.227 e. The second-order valence-corrected chi connectivity index (χ2v) is 8.72. The number of aryl methyl sites for hydroxylation is 1. The number of methoxy groups -OCH3 is 1. The molecule has 3 fully saturated rings. The first kappa shape index (κ1) is 19.9. The Morgan fingerprint density at radius 1 is 1.25 bits per heavy atom. The van der Waals surface area contributed by atoms with Gasteiger partial charge < -0.3 is 19.7 Å². The van der Waals surface area contributed by atoms with Gasteiger partial charge in [-0.3, -0.25) is 4.90 Å². The van der Waals surface area contributed by atoms with Crippen molar-refractivity contribution < 1.29 is 9.47 Å². The van der Waals surface area contributed by atoms with Crippen molar-refractivity contribution >= 4 is 11.8 Å². The second kappa shape index (κ2) is 8.51. The van der Waals surface area contributed by atoms with Gasteiger partial charge in [0.05, 0.1) is 19.8 Å². The van der Waals surface area contributed by atoms with Crippen molar-refractivity contribution in [2.45, 2.75) is 38.6 Å². The summed E-state index contributed by atoms with van der Waals surface area (Å²) in [6, 6.07) is 2.70. The van der Waals surface area contributed by atoms with Gasteiger partial charge in [0.25, 0.3) is 0 Å². The molecule has 0 radical (unpaired) electrons. The van der Waals surface area contributed by atoms with E-state index in [4.69, 9.17) is 19.4 Å². The molecule has 0 aromatic carbocycles. The first-order valence-electron chi connectivity index (χ1n) is 10.7. The molecule has 0 unspecified atom stereocenters. The monoisotopic (exact) mass is 389 g/mol. The van der Waals surface area contributed by atoms with Crippen LogP contribution in [-0.4, -0.2) is 81.1 Å². The number of aromatic nitrogens is 2. The predicted molar refractivity (Wildman–Crippen MR) is 111 cm³/mol. The van der Waals surface area contributed by atoms with Crippen LogP contribution in [0.2, 0.25) is 0 Å². The van der Waals surface area contributed by atoms with Crippen molar-refractivity contribution in [3.8, 4) is 0 Å². The average molecular weight is 390 g/mol. The van der Waals surface area contributed by atoms with E-state index in [1.54, 1.807) is 0 Å². The van der Waals surface area contributed by atoms with Gasteiger partial charge in [-0.2, -0.15) is 4.98 Å². The Morgan fingerprint density at radius 2 is 2.07 bits per heavy atom. The van der Waals surface area contributed by atoms with Gasteiger partial charge >= 0.3 is 0 Å². The Balaban J connectivity index is 1.50. The third-order valence-corrected chi connectivity index (χ3v) is 7.03. The van der Waals surface area contributed by atoms with Crippen molar-refractivity contribution in [3.63, 3.8) is 0 Å². The largest absolute Gasteiger partial charge is 0.384 e. The van der Waals surface area contributed by atoms with E-state index in [0.717, 1.165) is 63.5 Å². The lowest BCUT2D eigenvalue weighted by Crippen LogP contribution is -2.57. The topological polar surface area (TPSA) is 62.8 Å². The number of fused-ring (bicyclic) bond motifs is 1. The fraction of sp³-hybridized carbons (Fsp3) is 0.810. The molecule has 28 heavy (non-hydrogen) atoms. The zero-order valence-corrected chi connectivity index (χ0v) is 17.6. The van der Waals surface area contributed by atoms with Crippen LogP contribution >= 0.6 is 0 Å². The number of anilines is 2. The van der Waals surface area contributed by atoms with Crippen molar-refractivity contribution in [2.75, 3.05) is 70.4 Å². The first-order valence-corrected chi connectivity index (χ1v) is 10.7. The van der Waals surface area contributed by atoms with E-state index in [2.05, 4.69) is 15.1 Å². The third-order valence-electron chi connectivity index (χ3n) is 7.03. The molecular weight excluding hydrogens is 354 g/mol. The molecule has 3 heterocycles. The third kappa shape index (κ3) is 3.98. The molecule has 1 N–H and O–H groups in total. The molecule has 2 aliphatic heterocycles. The van der Waals surface area contributed by atoms with E-state index < -0.39 is 0 Å². The zero-order valence-electron chi connectivity index (χ0n) is 17.6. The summed E-state index contributed by atoms with van der Waals surface area (Å²) < 4.78 is 11.3. The van der Waals surface area contributed by atoms with Crippen LogP contribution in [0.3, 0.4) is 0 Å². The second-order valence-electron chi connectivity index (χ2n) is 8.72. The summed E-state index contributed by atoms with van der Waals surface area (Å²) >= 11 is 0. The molecule has 7 heteroatoms. The summed E-state index contributed by atoms with van der Waals surface area (Å²) in [5, 5.41) is 3.16. The highest BCUT2D eigenvalue weighted by atomic mass is 16.5. The minimum absolute atomic E-state index is 0.211. The van der Waals surface area contributed by atoms with Crippen LogP contribution in [0.15, 0.2) is 6.07 Å². The predicted octanol–water partition coefficient (Wildman–Crippen LogP) is 2.17. The molecule has 7 nitrogen and oxygen atoms in total. The van der Waals surface area contributed by atoms with Gasteiger partial charge in [-0.05, 0) is 38.5 Å². The Kier molecular flexibility index (Phi) is 6.04. The molecule has 4 rings (SSSR count). The van der Waals surface area contributed by atoms with Gasteiger partial charge in [-0.15, -0.1) is 0 Å². The quantitative estimate of drug-likeness (QED) is 0.828. The molecule has 1 aromatic heterocycles. The molecule has 0 amide bonds. The van der Waals surface area contributed by atoms with Crippen molar-refractivity contribution in [1.82, 2.24) is 14.9 Å². The molecule has 3 aliphatic rings. The fourth-order valence-corrected chi connectivity index (χ4v) is 5.55. The molecule has 1 saturated carbocycles. The van der Waals surface area contributed by atoms with Gasteiger partial charge in [0, 0.05) is 63.6 Å². The molecular formula is C21H35N5O2.